The highest BCUT2D eigenvalue weighted by Crippen LogP contribution is 2.35. The molecule has 1 unspecified atom stereocenters. The maximum absolute atomic E-state index is 2.61. The Kier molecular flexibility index (Phi) is 9.34. The lowest BCUT2D eigenvalue weighted by Gasteiger charge is -2.11. The molecule has 1 atom stereocenters. The van der Waals surface area contributed by atoms with Crippen molar-refractivity contribution in [3.63, 3.8) is 0 Å². The van der Waals surface area contributed by atoms with Gasteiger partial charge < -0.3 is 0 Å². The Balaban J connectivity index is 2.13. The van der Waals surface area contributed by atoms with Crippen LogP contribution in [0.2, 0.25) is 0 Å². The van der Waals surface area contributed by atoms with E-state index < -0.39 is 0 Å². The second-order valence-corrected chi connectivity index (χ2v) is 6.07. The van der Waals surface area contributed by atoms with Crippen LogP contribution in [-0.4, -0.2) is 0 Å². The lowest BCUT2D eigenvalue weighted by atomic mass is 9.94. The summed E-state index contributed by atoms with van der Waals surface area (Å²) in [5.74, 6) is 0.965. The van der Waals surface area contributed by atoms with Crippen molar-refractivity contribution in [3.05, 3.63) is 11.6 Å². The maximum atomic E-state index is 2.61. The highest BCUT2D eigenvalue weighted by Gasteiger charge is 2.19. The average Bonchev–Trinajstić information content (AvgIpc) is 2.82. The Hall–Kier alpha value is -0.260. The van der Waals surface area contributed by atoms with Gasteiger partial charge in [-0.2, -0.15) is 0 Å². The summed E-state index contributed by atoms with van der Waals surface area (Å²) in [5, 5.41) is 0. The summed E-state index contributed by atoms with van der Waals surface area (Å²) in [6.07, 6.45) is 21.1. The number of unbranched alkanes of at least 4 members (excludes halogenated alkanes) is 7. The summed E-state index contributed by atoms with van der Waals surface area (Å²) in [6, 6.07) is 0. The maximum Gasteiger partial charge on any atom is -0.0203 e. The van der Waals surface area contributed by atoms with Gasteiger partial charge in [-0.25, -0.2) is 0 Å². The van der Waals surface area contributed by atoms with Crippen molar-refractivity contribution in [2.24, 2.45) is 5.92 Å². The van der Waals surface area contributed by atoms with Crippen molar-refractivity contribution < 1.29 is 0 Å². The van der Waals surface area contributed by atoms with Crippen LogP contribution in [0.1, 0.15) is 97.3 Å². The van der Waals surface area contributed by atoms with Crippen molar-refractivity contribution in [1.82, 2.24) is 0 Å². The minimum absolute atomic E-state index is 0.965. The predicted octanol–water partition coefficient (Wildman–Crippen LogP) is 6.65. The standard InChI is InChI=1S/C18H34/c1-3-5-7-8-9-11-14-18-16-12-15-17(18)13-10-6-4-2/h14,17H,3-13,15-16H2,1-2H3/b18-14+. The molecule has 1 saturated carbocycles. The number of hydrogen-bond donors (Lipinski definition) is 0. The first-order chi connectivity index (χ1) is 8.88. The van der Waals surface area contributed by atoms with E-state index in [1.54, 1.807) is 0 Å². The van der Waals surface area contributed by atoms with Crippen LogP contribution < -0.4 is 0 Å². The van der Waals surface area contributed by atoms with E-state index in [9.17, 15) is 0 Å². The summed E-state index contributed by atoms with van der Waals surface area (Å²) in [7, 11) is 0. The fraction of sp³-hybridized carbons (Fsp3) is 0.889. The van der Waals surface area contributed by atoms with Crippen molar-refractivity contribution in [2.75, 3.05) is 0 Å². The molecule has 0 heterocycles. The average molecular weight is 250 g/mol. The largest absolute Gasteiger partial charge is 0.0851 e. The summed E-state index contributed by atoms with van der Waals surface area (Å²) in [6.45, 7) is 4.60. The molecule has 0 aliphatic heterocycles. The number of hydrogen-bond acceptors (Lipinski definition) is 0. The zero-order chi connectivity index (χ0) is 13.1. The number of rotatable bonds is 10. The van der Waals surface area contributed by atoms with Gasteiger partial charge in [0, 0.05) is 0 Å². The van der Waals surface area contributed by atoms with E-state index in [0.29, 0.717) is 0 Å². The summed E-state index contributed by atoms with van der Waals surface area (Å²) in [5.41, 5.74) is 1.82. The summed E-state index contributed by atoms with van der Waals surface area (Å²) < 4.78 is 0. The van der Waals surface area contributed by atoms with E-state index in [-0.39, 0.29) is 0 Å². The van der Waals surface area contributed by atoms with Gasteiger partial charge in [0.25, 0.3) is 0 Å². The van der Waals surface area contributed by atoms with E-state index in [1.807, 2.05) is 5.57 Å². The zero-order valence-corrected chi connectivity index (χ0v) is 12.8. The highest BCUT2D eigenvalue weighted by molar-refractivity contribution is 5.11. The van der Waals surface area contributed by atoms with E-state index >= 15 is 0 Å². The highest BCUT2D eigenvalue weighted by atomic mass is 14.2. The van der Waals surface area contributed by atoms with Crippen LogP contribution in [0.25, 0.3) is 0 Å². The molecule has 1 fully saturated rings. The quantitative estimate of drug-likeness (QED) is 0.300. The molecule has 0 heteroatoms. The van der Waals surface area contributed by atoms with Gasteiger partial charge in [0.2, 0.25) is 0 Å². The van der Waals surface area contributed by atoms with Crippen molar-refractivity contribution in [3.8, 4) is 0 Å². The third-order valence-corrected chi connectivity index (χ3v) is 4.41. The fourth-order valence-electron chi connectivity index (χ4n) is 3.22. The van der Waals surface area contributed by atoms with Gasteiger partial charge in [-0.15, -0.1) is 0 Å². The first-order valence-corrected chi connectivity index (χ1v) is 8.57. The topological polar surface area (TPSA) is 0 Å². The molecule has 0 aromatic carbocycles. The molecule has 0 bridgehead atoms. The van der Waals surface area contributed by atoms with Crippen molar-refractivity contribution in [2.45, 2.75) is 97.3 Å². The van der Waals surface area contributed by atoms with Crippen LogP contribution in [0.3, 0.4) is 0 Å². The third-order valence-electron chi connectivity index (χ3n) is 4.41. The Morgan fingerprint density at radius 1 is 0.944 bits per heavy atom. The second-order valence-electron chi connectivity index (χ2n) is 6.07. The Labute approximate surface area is 115 Å². The first-order valence-electron chi connectivity index (χ1n) is 8.57. The molecule has 1 rings (SSSR count). The van der Waals surface area contributed by atoms with E-state index in [2.05, 4.69) is 19.9 Å². The van der Waals surface area contributed by atoms with Gasteiger partial charge >= 0.3 is 0 Å². The molecule has 0 amide bonds. The predicted molar refractivity (Wildman–Crippen MR) is 82.9 cm³/mol. The summed E-state index contributed by atoms with van der Waals surface area (Å²) >= 11 is 0. The SMILES string of the molecule is CCCCCCC/C=C1\CCCC1CCCCC. The van der Waals surface area contributed by atoms with Gasteiger partial charge in [0.1, 0.15) is 0 Å². The van der Waals surface area contributed by atoms with Gasteiger partial charge in [0.15, 0.2) is 0 Å². The molecule has 1 aliphatic carbocycles. The van der Waals surface area contributed by atoms with Crippen LogP contribution in [0.5, 0.6) is 0 Å². The molecular formula is C18H34. The lowest BCUT2D eigenvalue weighted by molar-refractivity contribution is 0.525. The molecule has 0 N–H and O–H groups in total. The molecule has 0 aromatic rings. The van der Waals surface area contributed by atoms with Gasteiger partial charge in [0.05, 0.1) is 0 Å². The minimum atomic E-state index is 0.965. The van der Waals surface area contributed by atoms with Crippen LogP contribution >= 0.6 is 0 Å². The minimum Gasteiger partial charge on any atom is -0.0851 e. The summed E-state index contributed by atoms with van der Waals surface area (Å²) in [4.78, 5) is 0. The Bertz CT molecular complexity index is 214. The second kappa shape index (κ2) is 10.6. The lowest BCUT2D eigenvalue weighted by Crippen LogP contribution is -1.96. The molecule has 18 heavy (non-hydrogen) atoms. The number of allylic oxidation sites excluding steroid dienone is 2. The molecule has 0 spiro atoms. The zero-order valence-electron chi connectivity index (χ0n) is 12.8. The van der Waals surface area contributed by atoms with Crippen LogP contribution in [0.15, 0.2) is 11.6 Å². The fourth-order valence-corrected chi connectivity index (χ4v) is 3.22. The van der Waals surface area contributed by atoms with Gasteiger partial charge in [-0.3, -0.25) is 0 Å². The van der Waals surface area contributed by atoms with Crippen LogP contribution in [-0.2, 0) is 0 Å². The van der Waals surface area contributed by atoms with Gasteiger partial charge in [-0.1, -0.05) is 70.4 Å². The van der Waals surface area contributed by atoms with Crippen molar-refractivity contribution >= 4 is 0 Å². The third kappa shape index (κ3) is 6.61. The Morgan fingerprint density at radius 2 is 1.67 bits per heavy atom. The van der Waals surface area contributed by atoms with E-state index in [1.165, 1.54) is 83.5 Å². The van der Waals surface area contributed by atoms with Crippen LogP contribution in [0.4, 0.5) is 0 Å². The van der Waals surface area contributed by atoms with E-state index in [4.69, 9.17) is 0 Å². The molecule has 0 nitrogen and oxygen atoms in total. The van der Waals surface area contributed by atoms with E-state index in [0.717, 1.165) is 5.92 Å². The Morgan fingerprint density at radius 3 is 2.44 bits per heavy atom. The first kappa shape index (κ1) is 15.8. The van der Waals surface area contributed by atoms with Crippen LogP contribution in [0, 0.1) is 5.92 Å². The smallest absolute Gasteiger partial charge is 0.0203 e. The molecule has 106 valence electrons. The monoisotopic (exact) mass is 250 g/mol. The normalized spacial score (nSPS) is 21.9. The molecular weight excluding hydrogens is 216 g/mol. The molecule has 0 radical (unpaired) electrons. The molecule has 0 aromatic heterocycles. The molecule has 0 saturated heterocycles. The van der Waals surface area contributed by atoms with Gasteiger partial charge in [-0.05, 0) is 44.4 Å². The molecule has 1 aliphatic rings. The van der Waals surface area contributed by atoms with Crippen molar-refractivity contribution in [1.29, 1.82) is 0 Å².